The fraction of sp³-hybridized carbons (Fsp3) is 0.200. The number of para-hydroxylation sites is 1. The lowest BCUT2D eigenvalue weighted by atomic mass is 10.1. The summed E-state index contributed by atoms with van der Waals surface area (Å²) >= 11 is 7.37. The number of nitrogens with one attached hydrogen (secondary N) is 1. The Morgan fingerprint density at radius 2 is 2.07 bits per heavy atom. The van der Waals surface area contributed by atoms with E-state index in [1.807, 2.05) is 37.3 Å². The first-order valence-electron chi connectivity index (χ1n) is 8.72. The van der Waals surface area contributed by atoms with Gasteiger partial charge in [-0.2, -0.15) is 0 Å². The van der Waals surface area contributed by atoms with Crippen molar-refractivity contribution in [1.29, 1.82) is 0 Å². The van der Waals surface area contributed by atoms with Gasteiger partial charge in [0, 0.05) is 5.56 Å². The average Bonchev–Trinajstić information content (AvgIpc) is 2.97. The van der Waals surface area contributed by atoms with Crippen LogP contribution in [0.4, 0.5) is 11.4 Å². The summed E-state index contributed by atoms with van der Waals surface area (Å²) in [6.07, 6.45) is 0. The first kappa shape index (κ1) is 18.7. The summed E-state index contributed by atoms with van der Waals surface area (Å²) in [6.45, 7) is 3.68. The van der Waals surface area contributed by atoms with Crippen LogP contribution in [-0.2, 0) is 9.59 Å². The molecule has 2 aliphatic rings. The molecule has 0 saturated heterocycles. The number of halogens is 1. The second-order valence-electron chi connectivity index (χ2n) is 6.53. The van der Waals surface area contributed by atoms with Crippen LogP contribution in [0, 0.1) is 6.92 Å². The maximum absolute atomic E-state index is 12.6. The number of hydrogen-bond donors (Lipinski definition) is 1. The van der Waals surface area contributed by atoms with Crippen LogP contribution in [0.25, 0.3) is 0 Å². The maximum atomic E-state index is 12.6. The second-order valence-corrected chi connectivity index (χ2v) is 7.88. The number of rotatable bonds is 3. The summed E-state index contributed by atoms with van der Waals surface area (Å²) in [5.41, 5.74) is 3.13. The van der Waals surface area contributed by atoms with E-state index in [9.17, 15) is 9.59 Å². The molecule has 2 heterocycles. The van der Waals surface area contributed by atoms with Crippen LogP contribution in [0.1, 0.15) is 18.1 Å². The fourth-order valence-electron chi connectivity index (χ4n) is 3.01. The van der Waals surface area contributed by atoms with Gasteiger partial charge in [-0.3, -0.25) is 14.6 Å². The van der Waals surface area contributed by atoms with Crippen molar-refractivity contribution in [2.24, 2.45) is 9.98 Å². The summed E-state index contributed by atoms with van der Waals surface area (Å²) in [4.78, 5) is 35.5. The zero-order valence-electron chi connectivity index (χ0n) is 15.3. The minimum atomic E-state index is -0.466. The van der Waals surface area contributed by atoms with Crippen molar-refractivity contribution in [2.75, 3.05) is 11.1 Å². The Balaban J connectivity index is 1.53. The summed E-state index contributed by atoms with van der Waals surface area (Å²) in [5, 5.41) is 3.74. The molecular formula is C20H17ClN4O2S. The molecule has 8 heteroatoms. The van der Waals surface area contributed by atoms with Crippen molar-refractivity contribution in [1.82, 2.24) is 4.90 Å². The van der Waals surface area contributed by atoms with E-state index in [2.05, 4.69) is 15.3 Å². The van der Waals surface area contributed by atoms with Gasteiger partial charge in [-0.25, -0.2) is 9.89 Å². The molecule has 0 radical (unpaired) electrons. The van der Waals surface area contributed by atoms with Gasteiger partial charge >= 0.3 is 0 Å². The highest BCUT2D eigenvalue weighted by atomic mass is 35.5. The molecule has 28 heavy (non-hydrogen) atoms. The number of fused-ring (bicyclic) bond motifs is 3. The largest absolute Gasteiger partial charge is 0.324 e. The Morgan fingerprint density at radius 3 is 2.86 bits per heavy atom. The molecule has 2 amide bonds. The molecule has 1 unspecified atom stereocenters. The Bertz CT molecular complexity index is 1050. The predicted octanol–water partition coefficient (Wildman–Crippen LogP) is 4.00. The SMILES string of the molecule is Cc1ccc(NC(=O)CSC2=Nc3ccccc3C3=NC(C)C(=O)N23)c(Cl)c1. The quantitative estimate of drug-likeness (QED) is 0.827. The number of aliphatic imine (C=N–C) groups is 2. The second kappa shape index (κ2) is 7.41. The lowest BCUT2D eigenvalue weighted by Gasteiger charge is -2.25. The first-order valence-corrected chi connectivity index (χ1v) is 10.1. The third-order valence-corrected chi connectivity index (χ3v) is 5.64. The van der Waals surface area contributed by atoms with Crippen LogP contribution >= 0.6 is 23.4 Å². The van der Waals surface area contributed by atoms with Gasteiger partial charge in [0.1, 0.15) is 11.9 Å². The Morgan fingerprint density at radius 1 is 1.29 bits per heavy atom. The number of anilines is 1. The molecule has 142 valence electrons. The molecule has 0 bridgehead atoms. The van der Waals surface area contributed by atoms with E-state index in [1.54, 1.807) is 19.1 Å². The van der Waals surface area contributed by atoms with Crippen LogP contribution in [0.15, 0.2) is 52.4 Å². The minimum Gasteiger partial charge on any atom is -0.324 e. The number of aryl methyl sites for hydroxylation is 1. The van der Waals surface area contributed by atoms with Crippen LogP contribution in [-0.4, -0.2) is 39.5 Å². The summed E-state index contributed by atoms with van der Waals surface area (Å²) in [6, 6.07) is 12.5. The standard InChI is InChI=1S/C20H17ClN4O2S/c1-11-7-8-16(14(21)9-11)23-17(26)10-28-20-24-15-6-4-3-5-13(15)18-22-12(2)19(27)25(18)20/h3-9,12H,10H2,1-2H3,(H,23,26). The number of amides is 2. The zero-order chi connectivity index (χ0) is 19.8. The van der Waals surface area contributed by atoms with Crippen molar-refractivity contribution >= 4 is 57.6 Å². The smallest absolute Gasteiger partial charge is 0.258 e. The van der Waals surface area contributed by atoms with Gasteiger partial charge < -0.3 is 5.32 Å². The van der Waals surface area contributed by atoms with E-state index < -0.39 is 6.04 Å². The van der Waals surface area contributed by atoms with Crippen LogP contribution in [0.3, 0.4) is 0 Å². The molecular weight excluding hydrogens is 396 g/mol. The van der Waals surface area contributed by atoms with Gasteiger partial charge in [-0.1, -0.05) is 41.6 Å². The van der Waals surface area contributed by atoms with Gasteiger partial charge in [0.15, 0.2) is 5.17 Å². The van der Waals surface area contributed by atoms with Gasteiger partial charge in [0.05, 0.1) is 22.2 Å². The molecule has 0 fully saturated rings. The number of carbonyl (C=O) groups excluding carboxylic acids is 2. The number of nitrogens with zero attached hydrogens (tertiary/aromatic N) is 3. The zero-order valence-corrected chi connectivity index (χ0v) is 16.8. The van der Waals surface area contributed by atoms with Crippen LogP contribution in [0.5, 0.6) is 0 Å². The van der Waals surface area contributed by atoms with Crippen molar-refractivity contribution < 1.29 is 9.59 Å². The molecule has 2 aromatic carbocycles. The van der Waals surface area contributed by atoms with Crippen molar-refractivity contribution in [3.63, 3.8) is 0 Å². The van der Waals surface area contributed by atoms with Crippen LogP contribution in [0.2, 0.25) is 5.02 Å². The number of carbonyl (C=O) groups is 2. The van der Waals surface area contributed by atoms with E-state index in [4.69, 9.17) is 11.6 Å². The lowest BCUT2D eigenvalue weighted by molar-refractivity contribution is -0.124. The lowest BCUT2D eigenvalue weighted by Crippen LogP contribution is -2.41. The fourth-order valence-corrected chi connectivity index (χ4v) is 4.09. The third kappa shape index (κ3) is 3.43. The van der Waals surface area contributed by atoms with E-state index in [0.29, 0.717) is 21.7 Å². The number of thioether (sulfide) groups is 1. The molecule has 1 N–H and O–H groups in total. The van der Waals surface area contributed by atoms with Gasteiger partial charge in [-0.05, 0) is 43.7 Å². The molecule has 1 atom stereocenters. The number of hydrogen-bond acceptors (Lipinski definition) is 5. The highest BCUT2D eigenvalue weighted by Crippen LogP contribution is 2.33. The normalized spacial score (nSPS) is 17.6. The molecule has 2 aromatic rings. The number of amidine groups is 2. The summed E-state index contributed by atoms with van der Waals surface area (Å²) < 4.78 is 0. The van der Waals surface area contributed by atoms with Crippen molar-refractivity contribution in [3.05, 3.63) is 58.6 Å². The number of benzene rings is 2. The predicted molar refractivity (Wildman–Crippen MR) is 114 cm³/mol. The van der Waals surface area contributed by atoms with Crippen molar-refractivity contribution in [2.45, 2.75) is 19.9 Å². The summed E-state index contributed by atoms with van der Waals surface area (Å²) in [7, 11) is 0. The molecule has 4 rings (SSSR count). The Labute approximate surface area is 171 Å². The minimum absolute atomic E-state index is 0.0939. The first-order chi connectivity index (χ1) is 13.4. The molecule has 0 spiro atoms. The average molecular weight is 413 g/mol. The molecule has 6 nitrogen and oxygen atoms in total. The van der Waals surface area contributed by atoms with Gasteiger partial charge in [0.25, 0.3) is 5.91 Å². The molecule has 0 aromatic heterocycles. The monoisotopic (exact) mass is 412 g/mol. The van der Waals surface area contributed by atoms with Crippen LogP contribution < -0.4 is 5.32 Å². The topological polar surface area (TPSA) is 74.1 Å². The Hall–Kier alpha value is -2.64. The van der Waals surface area contributed by atoms with Gasteiger partial charge in [-0.15, -0.1) is 0 Å². The molecule has 0 aliphatic carbocycles. The van der Waals surface area contributed by atoms with E-state index in [1.165, 1.54) is 16.7 Å². The highest BCUT2D eigenvalue weighted by Gasteiger charge is 2.39. The maximum Gasteiger partial charge on any atom is 0.258 e. The van der Waals surface area contributed by atoms with E-state index in [-0.39, 0.29) is 17.6 Å². The third-order valence-electron chi connectivity index (χ3n) is 4.39. The van der Waals surface area contributed by atoms with E-state index in [0.717, 1.165) is 16.8 Å². The van der Waals surface area contributed by atoms with E-state index >= 15 is 0 Å². The van der Waals surface area contributed by atoms with Gasteiger partial charge in [0.2, 0.25) is 5.91 Å². The molecule has 2 aliphatic heterocycles. The molecule has 0 saturated carbocycles. The summed E-state index contributed by atoms with van der Waals surface area (Å²) in [5.74, 6) is 0.317. The highest BCUT2D eigenvalue weighted by molar-refractivity contribution is 8.14. The Kier molecular flexibility index (Phi) is 4.95. The van der Waals surface area contributed by atoms with Crippen molar-refractivity contribution in [3.8, 4) is 0 Å².